The van der Waals surface area contributed by atoms with Gasteiger partial charge in [0.2, 0.25) is 5.95 Å². The normalized spacial score (nSPS) is 15.3. The molecule has 1 aliphatic heterocycles. The quantitative estimate of drug-likeness (QED) is 0.389. The lowest BCUT2D eigenvalue weighted by molar-refractivity contribution is -0.0910. The standard InChI is InChI=1S/C24H25F2N7O2/c1-3-32-21(34)17-13-28-23(29-16-8-7-14-9-10-27-12-15(14)11-16)31-20(17)33(32)19-6-4-5-18(30-19)24(2,35)22(25)26/h4-8,11,13,22,27,35H,3,9-10,12H2,1-2H3,(H,28,29,31). The number of hydrogen-bond donors (Lipinski definition) is 3. The smallest absolute Gasteiger partial charge is 0.278 e. The van der Waals surface area contributed by atoms with Crippen LogP contribution in [0.15, 0.2) is 47.4 Å². The zero-order valence-corrected chi connectivity index (χ0v) is 19.3. The summed E-state index contributed by atoms with van der Waals surface area (Å²) in [4.78, 5) is 26.1. The van der Waals surface area contributed by atoms with Gasteiger partial charge in [0.05, 0.1) is 5.69 Å². The first-order valence-corrected chi connectivity index (χ1v) is 11.4. The van der Waals surface area contributed by atoms with Crippen LogP contribution in [0.4, 0.5) is 20.4 Å². The molecule has 1 unspecified atom stereocenters. The Morgan fingerprint density at radius 2 is 2.06 bits per heavy atom. The lowest BCUT2D eigenvalue weighted by atomic mass is 10.0. The van der Waals surface area contributed by atoms with E-state index in [1.54, 1.807) is 13.0 Å². The zero-order valence-electron chi connectivity index (χ0n) is 19.3. The fourth-order valence-corrected chi connectivity index (χ4v) is 4.23. The van der Waals surface area contributed by atoms with Crippen LogP contribution in [-0.2, 0) is 25.1 Å². The molecule has 1 atom stereocenters. The molecular weight excluding hydrogens is 456 g/mol. The summed E-state index contributed by atoms with van der Waals surface area (Å²) in [7, 11) is 0. The van der Waals surface area contributed by atoms with E-state index in [1.165, 1.54) is 38.8 Å². The van der Waals surface area contributed by atoms with E-state index >= 15 is 0 Å². The average Bonchev–Trinajstić information content (AvgIpc) is 3.14. The molecule has 11 heteroatoms. The first-order valence-electron chi connectivity index (χ1n) is 11.4. The van der Waals surface area contributed by atoms with E-state index in [0.29, 0.717) is 0 Å². The number of nitrogens with one attached hydrogen (secondary N) is 2. The van der Waals surface area contributed by atoms with Crippen LogP contribution in [0.5, 0.6) is 0 Å². The lowest BCUT2D eigenvalue weighted by Crippen LogP contribution is -2.32. The maximum absolute atomic E-state index is 13.4. The number of benzene rings is 1. The summed E-state index contributed by atoms with van der Waals surface area (Å²) in [6, 6.07) is 10.5. The molecule has 0 amide bonds. The maximum atomic E-state index is 13.4. The Bertz CT molecular complexity index is 1460. The second-order valence-corrected chi connectivity index (χ2v) is 8.63. The third-order valence-electron chi connectivity index (χ3n) is 6.22. The Hall–Kier alpha value is -3.70. The van der Waals surface area contributed by atoms with Gasteiger partial charge >= 0.3 is 0 Å². The van der Waals surface area contributed by atoms with Crippen LogP contribution in [-0.4, -0.2) is 42.4 Å². The number of nitrogens with zero attached hydrogens (tertiary/aromatic N) is 5. The lowest BCUT2D eigenvalue weighted by Gasteiger charge is -2.22. The third-order valence-corrected chi connectivity index (χ3v) is 6.22. The number of halogens is 2. The van der Waals surface area contributed by atoms with E-state index in [1.807, 2.05) is 12.1 Å². The highest BCUT2D eigenvalue weighted by Crippen LogP contribution is 2.28. The Morgan fingerprint density at radius 3 is 2.83 bits per heavy atom. The molecule has 1 aromatic carbocycles. The topological polar surface area (TPSA) is 110 Å². The van der Waals surface area contributed by atoms with Crippen molar-refractivity contribution in [2.75, 3.05) is 11.9 Å². The highest BCUT2D eigenvalue weighted by atomic mass is 19.3. The van der Waals surface area contributed by atoms with E-state index in [2.05, 4.69) is 31.7 Å². The summed E-state index contributed by atoms with van der Waals surface area (Å²) < 4.78 is 29.7. The SMILES string of the molecule is CCn1c(=O)c2cnc(Nc3ccc4c(c3)CNCC4)nc2n1-c1cccc(C(C)(O)C(F)F)n1. The molecule has 3 aromatic heterocycles. The summed E-state index contributed by atoms with van der Waals surface area (Å²) >= 11 is 0. The fourth-order valence-electron chi connectivity index (χ4n) is 4.23. The van der Waals surface area contributed by atoms with Crippen molar-refractivity contribution in [3.05, 3.63) is 69.8 Å². The molecule has 0 saturated carbocycles. The number of rotatable bonds is 6. The van der Waals surface area contributed by atoms with Gasteiger partial charge < -0.3 is 15.7 Å². The van der Waals surface area contributed by atoms with Crippen LogP contribution in [0.25, 0.3) is 16.9 Å². The predicted octanol–water partition coefficient (Wildman–Crippen LogP) is 2.86. The molecule has 5 rings (SSSR count). The van der Waals surface area contributed by atoms with Crippen molar-refractivity contribution in [3.8, 4) is 5.82 Å². The van der Waals surface area contributed by atoms with E-state index in [9.17, 15) is 18.7 Å². The van der Waals surface area contributed by atoms with E-state index in [-0.39, 0.29) is 40.6 Å². The van der Waals surface area contributed by atoms with Gasteiger partial charge in [-0.15, -0.1) is 0 Å². The van der Waals surface area contributed by atoms with Crippen molar-refractivity contribution >= 4 is 22.7 Å². The van der Waals surface area contributed by atoms with Crippen molar-refractivity contribution in [2.24, 2.45) is 0 Å². The minimum atomic E-state index is -3.04. The minimum Gasteiger partial charge on any atom is -0.378 e. The number of aliphatic hydroxyl groups is 1. The average molecular weight is 482 g/mol. The summed E-state index contributed by atoms with van der Waals surface area (Å²) in [6.07, 6.45) is -0.626. The zero-order chi connectivity index (χ0) is 24.7. The van der Waals surface area contributed by atoms with Crippen molar-refractivity contribution < 1.29 is 13.9 Å². The van der Waals surface area contributed by atoms with Crippen LogP contribution in [0.1, 0.15) is 30.7 Å². The van der Waals surface area contributed by atoms with E-state index in [4.69, 9.17) is 0 Å². The molecule has 0 radical (unpaired) electrons. The Labute approximate surface area is 199 Å². The van der Waals surface area contributed by atoms with Crippen molar-refractivity contribution in [3.63, 3.8) is 0 Å². The van der Waals surface area contributed by atoms with Gasteiger partial charge in [-0.05, 0) is 62.2 Å². The highest BCUT2D eigenvalue weighted by Gasteiger charge is 2.36. The van der Waals surface area contributed by atoms with Gasteiger partial charge in [0.1, 0.15) is 5.39 Å². The highest BCUT2D eigenvalue weighted by molar-refractivity contribution is 5.77. The molecular formula is C24H25F2N7O2. The number of anilines is 2. The van der Waals surface area contributed by atoms with Crippen molar-refractivity contribution in [1.82, 2.24) is 29.6 Å². The van der Waals surface area contributed by atoms with Crippen LogP contribution in [0.3, 0.4) is 0 Å². The molecule has 0 saturated heterocycles. The molecule has 3 N–H and O–H groups in total. The summed E-state index contributed by atoms with van der Waals surface area (Å²) in [5, 5.41) is 17.0. The minimum absolute atomic E-state index is 0.182. The second kappa shape index (κ2) is 8.82. The molecule has 35 heavy (non-hydrogen) atoms. The molecule has 4 aromatic rings. The number of aromatic nitrogens is 5. The third kappa shape index (κ3) is 4.06. The molecule has 0 bridgehead atoms. The van der Waals surface area contributed by atoms with Gasteiger partial charge in [-0.2, -0.15) is 4.98 Å². The van der Waals surface area contributed by atoms with Gasteiger partial charge in [0.25, 0.3) is 12.0 Å². The first-order chi connectivity index (χ1) is 16.8. The molecule has 0 aliphatic carbocycles. The molecule has 0 fully saturated rings. The summed E-state index contributed by atoms with van der Waals surface area (Å²) in [5.74, 6) is 0.459. The van der Waals surface area contributed by atoms with E-state index in [0.717, 1.165) is 32.1 Å². The monoisotopic (exact) mass is 481 g/mol. The Balaban J connectivity index is 1.60. The Morgan fingerprint density at radius 1 is 1.23 bits per heavy atom. The van der Waals surface area contributed by atoms with Gasteiger partial charge in [0, 0.05) is 25.0 Å². The number of pyridine rings is 1. The van der Waals surface area contributed by atoms with Crippen LogP contribution < -0.4 is 16.2 Å². The van der Waals surface area contributed by atoms with Crippen molar-refractivity contribution in [2.45, 2.75) is 45.4 Å². The van der Waals surface area contributed by atoms with Gasteiger partial charge in [-0.3, -0.25) is 4.79 Å². The van der Waals surface area contributed by atoms with Crippen LogP contribution in [0, 0.1) is 0 Å². The van der Waals surface area contributed by atoms with Gasteiger partial charge in [0.15, 0.2) is 17.1 Å². The second-order valence-electron chi connectivity index (χ2n) is 8.63. The first kappa shape index (κ1) is 23.1. The van der Waals surface area contributed by atoms with Crippen molar-refractivity contribution in [1.29, 1.82) is 0 Å². The molecule has 1 aliphatic rings. The van der Waals surface area contributed by atoms with Gasteiger partial charge in [-0.1, -0.05) is 12.1 Å². The number of hydrogen-bond acceptors (Lipinski definition) is 7. The summed E-state index contributed by atoms with van der Waals surface area (Å²) in [5.41, 5.74) is 0.589. The van der Waals surface area contributed by atoms with E-state index < -0.39 is 12.0 Å². The van der Waals surface area contributed by atoms with Crippen LogP contribution in [0.2, 0.25) is 0 Å². The molecule has 0 spiro atoms. The van der Waals surface area contributed by atoms with Crippen LogP contribution >= 0.6 is 0 Å². The van der Waals surface area contributed by atoms with Gasteiger partial charge in [-0.25, -0.2) is 28.1 Å². The largest absolute Gasteiger partial charge is 0.378 e. The summed E-state index contributed by atoms with van der Waals surface area (Å²) in [6.45, 7) is 4.81. The fraction of sp³-hybridized carbons (Fsp3) is 0.333. The number of fused-ring (bicyclic) bond motifs is 2. The maximum Gasteiger partial charge on any atom is 0.278 e. The predicted molar refractivity (Wildman–Crippen MR) is 127 cm³/mol. The molecule has 4 heterocycles. The molecule has 182 valence electrons. The number of alkyl halides is 2. The Kier molecular flexibility index (Phi) is 5.81. The molecule has 9 nitrogen and oxygen atoms in total.